The Labute approximate surface area is 175 Å². The smallest absolute Gasteiger partial charge is 0.243 e. The largest absolute Gasteiger partial charge is 0.362 e. The van der Waals surface area contributed by atoms with Crippen LogP contribution in [0.4, 0.5) is 10.1 Å². The second-order valence-electron chi connectivity index (χ2n) is 6.71. The van der Waals surface area contributed by atoms with Gasteiger partial charge in [-0.05, 0) is 37.3 Å². The average Bonchev–Trinajstić information content (AvgIpc) is 2.74. The molecule has 0 saturated carbocycles. The van der Waals surface area contributed by atoms with Crippen molar-refractivity contribution in [2.75, 3.05) is 44.2 Å². The summed E-state index contributed by atoms with van der Waals surface area (Å²) in [6.07, 6.45) is 0. The Morgan fingerprint density at radius 1 is 1.10 bits per heavy atom. The number of sulfonamides is 1. The van der Waals surface area contributed by atoms with Crippen molar-refractivity contribution in [3.8, 4) is 0 Å². The van der Waals surface area contributed by atoms with E-state index in [2.05, 4.69) is 0 Å². The van der Waals surface area contributed by atoms with Crippen molar-refractivity contribution in [3.05, 3.63) is 59.4 Å². The topological polar surface area (TPSA) is 60.9 Å². The van der Waals surface area contributed by atoms with Gasteiger partial charge in [-0.3, -0.25) is 4.79 Å². The number of amides is 1. The van der Waals surface area contributed by atoms with Gasteiger partial charge in [0.1, 0.15) is 5.82 Å². The van der Waals surface area contributed by atoms with Crippen LogP contribution in [-0.4, -0.2) is 62.8 Å². The number of carbonyl (C=O) groups is 1. The molecular formula is C20H23ClFN3O3S. The zero-order chi connectivity index (χ0) is 21.0. The molecule has 0 aliphatic carbocycles. The van der Waals surface area contributed by atoms with Gasteiger partial charge in [-0.1, -0.05) is 29.8 Å². The van der Waals surface area contributed by atoms with E-state index in [0.29, 0.717) is 19.6 Å². The fourth-order valence-corrected chi connectivity index (χ4v) is 4.95. The van der Waals surface area contributed by atoms with Crippen molar-refractivity contribution in [1.29, 1.82) is 0 Å². The summed E-state index contributed by atoms with van der Waals surface area (Å²) in [6.45, 7) is 3.88. The molecule has 0 unspecified atom stereocenters. The van der Waals surface area contributed by atoms with E-state index in [0.717, 1.165) is 17.8 Å². The molecule has 0 atom stereocenters. The number of anilines is 1. The van der Waals surface area contributed by atoms with E-state index in [-0.39, 0.29) is 35.5 Å². The van der Waals surface area contributed by atoms with Crippen LogP contribution >= 0.6 is 11.6 Å². The number of nitrogens with zero attached hydrogens (tertiary/aromatic N) is 3. The SMILES string of the molecule is CCN(CC(=O)N1CCN(S(=O)(=O)c2ccc(F)c(Cl)c2)CC1)c1ccccc1. The first kappa shape index (κ1) is 21.5. The van der Waals surface area contributed by atoms with E-state index in [1.807, 2.05) is 42.2 Å². The maximum absolute atomic E-state index is 13.3. The predicted octanol–water partition coefficient (Wildman–Crippen LogP) is 2.84. The fourth-order valence-electron chi connectivity index (χ4n) is 3.25. The minimum atomic E-state index is -3.79. The monoisotopic (exact) mass is 439 g/mol. The number of likely N-dealkylation sites (N-methyl/N-ethyl adjacent to an activating group) is 1. The van der Waals surface area contributed by atoms with Crippen molar-refractivity contribution in [1.82, 2.24) is 9.21 Å². The minimum Gasteiger partial charge on any atom is -0.362 e. The molecule has 1 aliphatic heterocycles. The van der Waals surface area contributed by atoms with Crippen LogP contribution in [0.15, 0.2) is 53.4 Å². The zero-order valence-corrected chi connectivity index (χ0v) is 17.7. The van der Waals surface area contributed by atoms with Crippen molar-refractivity contribution in [2.45, 2.75) is 11.8 Å². The first-order valence-corrected chi connectivity index (χ1v) is 11.2. The highest BCUT2D eigenvalue weighted by Crippen LogP contribution is 2.23. The summed E-state index contributed by atoms with van der Waals surface area (Å²) in [5.41, 5.74) is 0.970. The van der Waals surface area contributed by atoms with Crippen LogP contribution in [0.2, 0.25) is 5.02 Å². The molecule has 0 spiro atoms. The van der Waals surface area contributed by atoms with E-state index in [9.17, 15) is 17.6 Å². The Balaban J connectivity index is 1.62. The first-order chi connectivity index (χ1) is 13.8. The Morgan fingerprint density at radius 3 is 2.34 bits per heavy atom. The average molecular weight is 440 g/mol. The molecule has 1 amide bonds. The Kier molecular flexibility index (Phi) is 6.77. The molecule has 1 saturated heterocycles. The summed E-state index contributed by atoms with van der Waals surface area (Å²) >= 11 is 5.72. The molecule has 3 rings (SSSR count). The number of hydrogen-bond donors (Lipinski definition) is 0. The van der Waals surface area contributed by atoms with Crippen LogP contribution in [0, 0.1) is 5.82 Å². The Morgan fingerprint density at radius 2 is 1.76 bits per heavy atom. The van der Waals surface area contributed by atoms with Crippen molar-refractivity contribution < 1.29 is 17.6 Å². The maximum atomic E-state index is 13.3. The molecule has 2 aromatic carbocycles. The molecule has 6 nitrogen and oxygen atoms in total. The van der Waals surface area contributed by atoms with Gasteiger partial charge in [0.25, 0.3) is 0 Å². The third-order valence-corrected chi connectivity index (χ3v) is 7.13. The highest BCUT2D eigenvalue weighted by atomic mass is 35.5. The molecule has 156 valence electrons. The lowest BCUT2D eigenvalue weighted by Gasteiger charge is -2.35. The summed E-state index contributed by atoms with van der Waals surface area (Å²) in [5.74, 6) is -0.711. The highest BCUT2D eigenvalue weighted by Gasteiger charge is 2.30. The summed E-state index contributed by atoms with van der Waals surface area (Å²) in [4.78, 5) is 16.3. The molecular weight excluding hydrogens is 417 g/mol. The predicted molar refractivity (Wildman–Crippen MR) is 111 cm³/mol. The molecule has 0 radical (unpaired) electrons. The summed E-state index contributed by atoms with van der Waals surface area (Å²) in [6, 6.07) is 13.0. The van der Waals surface area contributed by atoms with Crippen LogP contribution in [0.3, 0.4) is 0 Å². The molecule has 0 N–H and O–H groups in total. The number of carbonyl (C=O) groups excluding carboxylic acids is 1. The number of hydrogen-bond acceptors (Lipinski definition) is 4. The number of piperazine rings is 1. The van der Waals surface area contributed by atoms with Crippen LogP contribution in [0.25, 0.3) is 0 Å². The van der Waals surface area contributed by atoms with E-state index in [1.54, 1.807) is 4.90 Å². The second-order valence-corrected chi connectivity index (χ2v) is 9.06. The van der Waals surface area contributed by atoms with Crippen LogP contribution in [-0.2, 0) is 14.8 Å². The third-order valence-electron chi connectivity index (χ3n) is 4.95. The van der Waals surface area contributed by atoms with E-state index < -0.39 is 15.8 Å². The number of benzene rings is 2. The van der Waals surface area contributed by atoms with Gasteiger partial charge in [0.15, 0.2) is 0 Å². The van der Waals surface area contributed by atoms with Gasteiger partial charge in [0.2, 0.25) is 15.9 Å². The van der Waals surface area contributed by atoms with Crippen molar-refractivity contribution in [2.24, 2.45) is 0 Å². The molecule has 1 heterocycles. The van der Waals surface area contributed by atoms with Crippen LogP contribution < -0.4 is 4.90 Å². The lowest BCUT2D eigenvalue weighted by molar-refractivity contribution is -0.130. The van der Waals surface area contributed by atoms with E-state index >= 15 is 0 Å². The van der Waals surface area contributed by atoms with Crippen LogP contribution in [0.5, 0.6) is 0 Å². The molecule has 0 bridgehead atoms. The third kappa shape index (κ3) is 4.88. The lowest BCUT2D eigenvalue weighted by atomic mass is 10.2. The molecule has 9 heteroatoms. The summed E-state index contributed by atoms with van der Waals surface area (Å²) < 4.78 is 40.2. The van der Waals surface area contributed by atoms with Gasteiger partial charge in [-0.25, -0.2) is 12.8 Å². The molecule has 1 fully saturated rings. The molecule has 2 aromatic rings. The number of halogens is 2. The Bertz CT molecular complexity index is 964. The van der Waals surface area contributed by atoms with Gasteiger partial charge in [-0.15, -0.1) is 0 Å². The van der Waals surface area contributed by atoms with E-state index in [1.165, 1.54) is 10.4 Å². The quantitative estimate of drug-likeness (QED) is 0.694. The first-order valence-electron chi connectivity index (χ1n) is 9.36. The van der Waals surface area contributed by atoms with Crippen molar-refractivity contribution >= 4 is 33.2 Å². The second kappa shape index (κ2) is 9.11. The minimum absolute atomic E-state index is 0.0439. The Hall–Kier alpha value is -2.16. The number of para-hydroxylation sites is 1. The number of rotatable bonds is 6. The maximum Gasteiger partial charge on any atom is 0.243 e. The van der Waals surface area contributed by atoms with Gasteiger partial charge in [0.05, 0.1) is 16.5 Å². The van der Waals surface area contributed by atoms with Crippen molar-refractivity contribution in [3.63, 3.8) is 0 Å². The lowest BCUT2D eigenvalue weighted by Crippen LogP contribution is -2.52. The molecule has 0 aromatic heterocycles. The summed E-state index contributed by atoms with van der Waals surface area (Å²) in [7, 11) is -3.79. The highest BCUT2D eigenvalue weighted by molar-refractivity contribution is 7.89. The summed E-state index contributed by atoms with van der Waals surface area (Å²) in [5, 5.41) is -0.236. The molecule has 1 aliphatic rings. The van der Waals surface area contributed by atoms with Gasteiger partial charge in [-0.2, -0.15) is 4.31 Å². The zero-order valence-electron chi connectivity index (χ0n) is 16.1. The fraction of sp³-hybridized carbons (Fsp3) is 0.350. The van der Waals surface area contributed by atoms with Gasteiger partial charge < -0.3 is 9.80 Å². The van der Waals surface area contributed by atoms with Crippen LogP contribution in [0.1, 0.15) is 6.92 Å². The van der Waals surface area contributed by atoms with Gasteiger partial charge in [0, 0.05) is 38.4 Å². The standard InChI is InChI=1S/C20H23ClFN3O3S/c1-2-23(16-6-4-3-5-7-16)15-20(26)24-10-12-25(13-11-24)29(27,28)17-8-9-19(22)18(21)14-17/h3-9,14H,2,10-13,15H2,1H3. The molecule has 29 heavy (non-hydrogen) atoms. The van der Waals surface area contributed by atoms with E-state index in [4.69, 9.17) is 11.6 Å². The van der Waals surface area contributed by atoms with Gasteiger partial charge >= 0.3 is 0 Å². The normalized spacial score (nSPS) is 15.3.